The summed E-state index contributed by atoms with van der Waals surface area (Å²) in [5.41, 5.74) is 0.944. The molecule has 0 radical (unpaired) electrons. The van der Waals surface area contributed by atoms with Gasteiger partial charge in [0.05, 0.1) is 16.4 Å². The van der Waals surface area contributed by atoms with Gasteiger partial charge in [-0.3, -0.25) is 5.10 Å². The van der Waals surface area contributed by atoms with E-state index >= 15 is 0 Å². The van der Waals surface area contributed by atoms with Gasteiger partial charge < -0.3 is 4.74 Å². The van der Waals surface area contributed by atoms with Gasteiger partial charge in [-0.2, -0.15) is 5.10 Å². The Kier molecular flexibility index (Phi) is 4.87. The van der Waals surface area contributed by atoms with Gasteiger partial charge in [-0.25, -0.2) is 13.1 Å². The predicted octanol–water partition coefficient (Wildman–Crippen LogP) is 2.04. The molecule has 0 unspecified atom stereocenters. The number of aryl methyl sites for hydroxylation is 2. The molecule has 0 saturated heterocycles. The molecule has 0 atom stereocenters. The number of sulfonamides is 1. The van der Waals surface area contributed by atoms with Gasteiger partial charge in [0.15, 0.2) is 0 Å². The second-order valence-electron chi connectivity index (χ2n) is 4.44. The zero-order valence-electron chi connectivity index (χ0n) is 11.7. The van der Waals surface area contributed by atoms with Gasteiger partial charge >= 0.3 is 0 Å². The van der Waals surface area contributed by atoms with Crippen LogP contribution in [-0.2, 0) is 10.0 Å². The molecule has 0 aliphatic heterocycles. The van der Waals surface area contributed by atoms with Crippen LogP contribution in [0.3, 0.4) is 0 Å². The van der Waals surface area contributed by atoms with Crippen molar-refractivity contribution in [3.63, 3.8) is 0 Å². The van der Waals surface area contributed by atoms with E-state index in [1.54, 1.807) is 38.1 Å². The van der Waals surface area contributed by atoms with Crippen LogP contribution in [0.4, 0.5) is 0 Å². The number of hydrogen-bond acceptors (Lipinski definition) is 4. The lowest BCUT2D eigenvalue weighted by molar-refractivity contribution is 0.323. The molecule has 0 saturated carbocycles. The SMILES string of the molecule is Cc1n[nH]c(C)c1S(=O)(=O)NCCOc1ccccc1Cl. The van der Waals surface area contributed by atoms with E-state index < -0.39 is 10.0 Å². The lowest BCUT2D eigenvalue weighted by atomic mass is 10.3. The molecule has 0 amide bonds. The van der Waals surface area contributed by atoms with Crippen LogP contribution in [0.25, 0.3) is 0 Å². The quantitative estimate of drug-likeness (QED) is 0.794. The summed E-state index contributed by atoms with van der Waals surface area (Å²) in [6.45, 7) is 3.61. The molecule has 21 heavy (non-hydrogen) atoms. The minimum absolute atomic E-state index is 0.137. The summed E-state index contributed by atoms with van der Waals surface area (Å²) in [6.07, 6.45) is 0. The molecule has 1 aromatic heterocycles. The van der Waals surface area contributed by atoms with Gasteiger partial charge in [-0.1, -0.05) is 23.7 Å². The van der Waals surface area contributed by atoms with Gasteiger partial charge in [-0.15, -0.1) is 0 Å². The number of H-pyrrole nitrogens is 1. The van der Waals surface area contributed by atoms with E-state index in [1.165, 1.54) is 0 Å². The summed E-state index contributed by atoms with van der Waals surface area (Å²) in [5, 5.41) is 7.01. The van der Waals surface area contributed by atoms with E-state index in [2.05, 4.69) is 14.9 Å². The van der Waals surface area contributed by atoms with Gasteiger partial charge in [-0.05, 0) is 26.0 Å². The zero-order valence-corrected chi connectivity index (χ0v) is 13.3. The molecule has 2 N–H and O–H groups in total. The fourth-order valence-electron chi connectivity index (χ4n) is 1.91. The standard InChI is InChI=1S/C13H16ClN3O3S/c1-9-13(10(2)17-16-9)21(18,19)15-7-8-20-12-6-4-3-5-11(12)14/h3-6,15H,7-8H2,1-2H3,(H,16,17). The Hall–Kier alpha value is -1.57. The number of nitrogens with zero attached hydrogens (tertiary/aromatic N) is 1. The third-order valence-corrected chi connectivity index (χ3v) is 4.85. The monoisotopic (exact) mass is 329 g/mol. The number of hydrogen-bond donors (Lipinski definition) is 2. The zero-order chi connectivity index (χ0) is 15.5. The molecule has 6 nitrogen and oxygen atoms in total. The highest BCUT2D eigenvalue weighted by Crippen LogP contribution is 2.22. The smallest absolute Gasteiger partial charge is 0.244 e. The number of halogens is 1. The average molecular weight is 330 g/mol. The van der Waals surface area contributed by atoms with Gasteiger partial charge in [0.2, 0.25) is 10.0 Å². The van der Waals surface area contributed by atoms with Crippen molar-refractivity contribution in [2.24, 2.45) is 0 Å². The first-order chi connectivity index (χ1) is 9.92. The molecule has 2 aromatic rings. The Morgan fingerprint density at radius 2 is 2.05 bits per heavy atom. The van der Waals surface area contributed by atoms with Crippen LogP contribution in [-0.4, -0.2) is 31.8 Å². The molecule has 0 aliphatic rings. The van der Waals surface area contributed by atoms with Crippen LogP contribution >= 0.6 is 11.6 Å². The summed E-state index contributed by atoms with van der Waals surface area (Å²) in [4.78, 5) is 0.181. The molecule has 0 bridgehead atoms. The maximum Gasteiger partial charge on any atom is 0.244 e. The largest absolute Gasteiger partial charge is 0.491 e. The summed E-state index contributed by atoms with van der Waals surface area (Å²) in [5.74, 6) is 0.522. The Labute approximate surface area is 128 Å². The van der Waals surface area contributed by atoms with Crippen LogP contribution in [0.1, 0.15) is 11.4 Å². The molecule has 1 heterocycles. The van der Waals surface area contributed by atoms with Crippen LogP contribution in [0, 0.1) is 13.8 Å². The maximum absolute atomic E-state index is 12.2. The average Bonchev–Trinajstić information content (AvgIpc) is 2.77. The maximum atomic E-state index is 12.2. The van der Waals surface area contributed by atoms with E-state index in [0.717, 1.165) is 0 Å². The Balaban J connectivity index is 1.93. The minimum Gasteiger partial charge on any atom is -0.491 e. The van der Waals surface area contributed by atoms with E-state index in [0.29, 0.717) is 22.2 Å². The van der Waals surface area contributed by atoms with Crippen molar-refractivity contribution in [3.8, 4) is 5.75 Å². The van der Waals surface area contributed by atoms with Crippen molar-refractivity contribution in [1.29, 1.82) is 0 Å². The van der Waals surface area contributed by atoms with E-state index in [9.17, 15) is 8.42 Å². The first kappa shape index (κ1) is 15.8. The summed E-state index contributed by atoms with van der Waals surface area (Å²) >= 11 is 5.94. The van der Waals surface area contributed by atoms with Crippen molar-refractivity contribution in [2.45, 2.75) is 18.7 Å². The molecule has 1 aromatic carbocycles. The molecule has 8 heteroatoms. The summed E-state index contributed by atoms with van der Waals surface area (Å²) < 4.78 is 32.2. The molecule has 0 aliphatic carbocycles. The number of rotatable bonds is 6. The normalized spacial score (nSPS) is 11.6. The van der Waals surface area contributed by atoms with E-state index in [4.69, 9.17) is 16.3 Å². The Morgan fingerprint density at radius 3 is 2.67 bits per heavy atom. The third-order valence-electron chi connectivity index (χ3n) is 2.82. The van der Waals surface area contributed by atoms with Gasteiger partial charge in [0, 0.05) is 6.54 Å². The molecular weight excluding hydrogens is 314 g/mol. The van der Waals surface area contributed by atoms with E-state index in [1.807, 2.05) is 0 Å². The van der Waals surface area contributed by atoms with Crippen molar-refractivity contribution in [1.82, 2.24) is 14.9 Å². The van der Waals surface area contributed by atoms with Crippen molar-refractivity contribution >= 4 is 21.6 Å². The first-order valence-corrected chi connectivity index (χ1v) is 8.16. The number of benzene rings is 1. The van der Waals surface area contributed by atoms with Crippen LogP contribution in [0.2, 0.25) is 5.02 Å². The molecule has 2 rings (SSSR count). The van der Waals surface area contributed by atoms with Crippen molar-refractivity contribution in [3.05, 3.63) is 40.7 Å². The molecule has 0 spiro atoms. The van der Waals surface area contributed by atoms with Crippen LogP contribution in [0.5, 0.6) is 5.75 Å². The molecule has 114 valence electrons. The summed E-state index contributed by atoms with van der Waals surface area (Å²) in [7, 11) is -3.60. The highest BCUT2D eigenvalue weighted by atomic mass is 35.5. The van der Waals surface area contributed by atoms with Gasteiger partial charge in [0.1, 0.15) is 17.3 Å². The van der Waals surface area contributed by atoms with Crippen molar-refractivity contribution < 1.29 is 13.2 Å². The second kappa shape index (κ2) is 6.46. The predicted molar refractivity (Wildman–Crippen MR) is 80.2 cm³/mol. The van der Waals surface area contributed by atoms with Crippen LogP contribution < -0.4 is 9.46 Å². The highest BCUT2D eigenvalue weighted by Gasteiger charge is 2.21. The molecular formula is C13H16ClN3O3S. The van der Waals surface area contributed by atoms with E-state index in [-0.39, 0.29) is 18.0 Å². The second-order valence-corrected chi connectivity index (χ2v) is 6.55. The fourth-order valence-corrected chi connectivity index (χ4v) is 3.48. The summed E-state index contributed by atoms with van der Waals surface area (Å²) in [6, 6.07) is 7.02. The lowest BCUT2D eigenvalue weighted by Crippen LogP contribution is -2.29. The van der Waals surface area contributed by atoms with Gasteiger partial charge in [0.25, 0.3) is 0 Å². The number of para-hydroxylation sites is 1. The number of aromatic amines is 1. The number of ether oxygens (including phenoxy) is 1. The fraction of sp³-hybridized carbons (Fsp3) is 0.308. The Bertz CT molecular complexity index is 709. The minimum atomic E-state index is -3.60. The third kappa shape index (κ3) is 3.75. The lowest BCUT2D eigenvalue weighted by Gasteiger charge is -2.09. The van der Waals surface area contributed by atoms with Crippen molar-refractivity contribution in [2.75, 3.05) is 13.2 Å². The highest BCUT2D eigenvalue weighted by molar-refractivity contribution is 7.89. The Morgan fingerprint density at radius 1 is 1.33 bits per heavy atom. The van der Waals surface area contributed by atoms with Crippen LogP contribution in [0.15, 0.2) is 29.2 Å². The topological polar surface area (TPSA) is 84.1 Å². The number of aromatic nitrogens is 2. The number of nitrogens with one attached hydrogen (secondary N) is 2. The first-order valence-electron chi connectivity index (χ1n) is 6.30. The molecule has 0 fully saturated rings.